The second kappa shape index (κ2) is 9.23. The van der Waals surface area contributed by atoms with Crippen molar-refractivity contribution in [3.05, 3.63) is 23.8 Å². The van der Waals surface area contributed by atoms with Crippen molar-refractivity contribution in [1.82, 2.24) is 0 Å². The second-order valence-corrected chi connectivity index (χ2v) is 9.68. The van der Waals surface area contributed by atoms with Crippen molar-refractivity contribution in [3.63, 3.8) is 0 Å². The molecule has 8 atom stereocenters. The second-order valence-electron chi connectivity index (χ2n) is 9.68. The molecule has 2 aliphatic carbocycles. The van der Waals surface area contributed by atoms with Crippen molar-refractivity contribution in [2.45, 2.75) is 90.1 Å². The van der Waals surface area contributed by atoms with E-state index in [2.05, 4.69) is 13.0 Å². The van der Waals surface area contributed by atoms with Gasteiger partial charge in [0.15, 0.2) is 0 Å². The summed E-state index contributed by atoms with van der Waals surface area (Å²) in [7, 11) is 0. The number of ether oxygens (including phenoxy) is 2. The number of aliphatic hydroxyl groups excluding tert-OH is 1. The number of hydrogen-bond acceptors (Lipinski definition) is 6. The van der Waals surface area contributed by atoms with E-state index in [1.165, 1.54) is 0 Å². The van der Waals surface area contributed by atoms with Gasteiger partial charge in [-0.3, -0.25) is 9.59 Å². The maximum atomic E-state index is 12.6. The van der Waals surface area contributed by atoms with Crippen LogP contribution in [0.25, 0.3) is 0 Å². The monoisotopic (exact) mass is 420 g/mol. The standard InChI is InChI=1S/C24H36O6/c1-5-14(2)23(27)30-20-13-24(4,28)12-16-7-6-15(3)19(22(16)20)9-8-18-10-17(25)11-21(26)29-18/h6-7,12,14-15,17-20,22,25,28H,5,8-11,13H2,1-4H3/t14-,15-,17+,18+,19-,20-,22-,24+/m0/s1. The summed E-state index contributed by atoms with van der Waals surface area (Å²) < 4.78 is 11.4. The van der Waals surface area contributed by atoms with Crippen LogP contribution in [0.3, 0.4) is 0 Å². The molecule has 0 bridgehead atoms. The highest BCUT2D eigenvalue weighted by Crippen LogP contribution is 2.46. The number of carbonyl (C=O) groups excluding carboxylic acids is 2. The predicted octanol–water partition coefficient (Wildman–Crippen LogP) is 3.31. The Morgan fingerprint density at radius 1 is 1.40 bits per heavy atom. The Balaban J connectivity index is 1.79. The molecule has 0 radical (unpaired) electrons. The quantitative estimate of drug-likeness (QED) is 0.641. The van der Waals surface area contributed by atoms with Gasteiger partial charge in [-0.25, -0.2) is 0 Å². The fourth-order valence-corrected chi connectivity index (χ4v) is 5.08. The molecule has 1 aliphatic heterocycles. The van der Waals surface area contributed by atoms with Crippen LogP contribution in [0.4, 0.5) is 0 Å². The normalized spacial score (nSPS) is 39.5. The van der Waals surface area contributed by atoms with Gasteiger partial charge in [0.25, 0.3) is 0 Å². The molecule has 0 aromatic heterocycles. The molecular formula is C24H36O6. The number of rotatable bonds is 6. The Morgan fingerprint density at radius 2 is 2.13 bits per heavy atom. The van der Waals surface area contributed by atoms with E-state index in [-0.39, 0.29) is 48.1 Å². The lowest BCUT2D eigenvalue weighted by Gasteiger charge is -2.45. The number of fused-ring (bicyclic) bond motifs is 1. The van der Waals surface area contributed by atoms with Crippen LogP contribution in [-0.4, -0.2) is 46.1 Å². The Hall–Kier alpha value is -1.66. The van der Waals surface area contributed by atoms with Crippen molar-refractivity contribution in [3.8, 4) is 0 Å². The van der Waals surface area contributed by atoms with Gasteiger partial charge in [-0.1, -0.05) is 32.9 Å². The van der Waals surface area contributed by atoms with E-state index in [9.17, 15) is 19.8 Å². The van der Waals surface area contributed by atoms with Crippen LogP contribution in [0, 0.1) is 23.7 Å². The third kappa shape index (κ3) is 5.33. The van der Waals surface area contributed by atoms with Gasteiger partial charge in [-0.05, 0) is 49.7 Å². The Bertz CT molecular complexity index is 708. The van der Waals surface area contributed by atoms with Gasteiger partial charge in [-0.2, -0.15) is 0 Å². The maximum absolute atomic E-state index is 12.6. The largest absolute Gasteiger partial charge is 0.462 e. The van der Waals surface area contributed by atoms with Gasteiger partial charge in [0, 0.05) is 18.8 Å². The van der Waals surface area contributed by atoms with E-state index in [1.807, 2.05) is 26.0 Å². The number of esters is 2. The molecule has 6 nitrogen and oxygen atoms in total. The van der Waals surface area contributed by atoms with Gasteiger partial charge in [0.05, 0.1) is 24.0 Å². The SMILES string of the molecule is CC[C@H](C)C(=O)O[C@H]1C[C@](C)(O)C=C2C=C[C@H](C)[C@H](CC[C@@H]3C[C@@H](O)CC(=O)O3)[C@H]21. The molecule has 0 saturated carbocycles. The molecule has 168 valence electrons. The first-order valence-electron chi connectivity index (χ1n) is 11.3. The van der Waals surface area contributed by atoms with Crippen molar-refractivity contribution >= 4 is 11.9 Å². The van der Waals surface area contributed by atoms with Crippen molar-refractivity contribution in [2.24, 2.45) is 23.7 Å². The first-order chi connectivity index (χ1) is 14.1. The summed E-state index contributed by atoms with van der Waals surface area (Å²) in [5.74, 6) is -0.270. The minimum absolute atomic E-state index is 0.00227. The van der Waals surface area contributed by atoms with Gasteiger partial charge >= 0.3 is 11.9 Å². The van der Waals surface area contributed by atoms with E-state index in [4.69, 9.17) is 9.47 Å². The zero-order chi connectivity index (χ0) is 22.1. The average Bonchev–Trinajstić information content (AvgIpc) is 2.65. The molecule has 2 N–H and O–H groups in total. The predicted molar refractivity (Wildman–Crippen MR) is 112 cm³/mol. The summed E-state index contributed by atoms with van der Waals surface area (Å²) in [4.78, 5) is 24.2. The van der Waals surface area contributed by atoms with E-state index in [0.717, 1.165) is 12.0 Å². The highest BCUT2D eigenvalue weighted by molar-refractivity contribution is 5.72. The van der Waals surface area contributed by atoms with E-state index >= 15 is 0 Å². The molecule has 0 aromatic carbocycles. The number of cyclic esters (lactones) is 1. The fraction of sp³-hybridized carbons (Fsp3) is 0.750. The fourth-order valence-electron chi connectivity index (χ4n) is 5.08. The molecule has 0 amide bonds. The van der Waals surface area contributed by atoms with E-state index in [1.54, 1.807) is 6.92 Å². The summed E-state index contributed by atoms with van der Waals surface area (Å²) in [5.41, 5.74) is -0.0120. The van der Waals surface area contributed by atoms with Crippen LogP contribution in [0.5, 0.6) is 0 Å². The average molecular weight is 421 g/mol. The third-order valence-electron chi connectivity index (χ3n) is 6.95. The molecule has 0 aromatic rings. The molecule has 3 rings (SSSR count). The first kappa shape index (κ1) is 23.0. The lowest BCUT2D eigenvalue weighted by atomic mass is 9.64. The molecule has 30 heavy (non-hydrogen) atoms. The minimum atomic E-state index is -1.02. The van der Waals surface area contributed by atoms with Gasteiger partial charge in [0.1, 0.15) is 12.2 Å². The van der Waals surface area contributed by atoms with Crippen molar-refractivity contribution in [1.29, 1.82) is 0 Å². The van der Waals surface area contributed by atoms with Crippen LogP contribution in [0.1, 0.15) is 66.2 Å². The summed E-state index contributed by atoms with van der Waals surface area (Å²) in [6, 6.07) is 0. The van der Waals surface area contributed by atoms with Crippen LogP contribution in [0.15, 0.2) is 23.8 Å². The lowest BCUT2D eigenvalue weighted by Crippen LogP contribution is -2.46. The molecule has 1 fully saturated rings. The number of allylic oxidation sites excluding steroid dienone is 2. The molecule has 6 heteroatoms. The van der Waals surface area contributed by atoms with E-state index in [0.29, 0.717) is 25.7 Å². The van der Waals surface area contributed by atoms with Gasteiger partial charge in [0.2, 0.25) is 0 Å². The summed E-state index contributed by atoms with van der Waals surface area (Å²) in [5, 5.41) is 20.6. The van der Waals surface area contributed by atoms with Crippen LogP contribution in [0.2, 0.25) is 0 Å². The minimum Gasteiger partial charge on any atom is -0.462 e. The molecule has 3 aliphatic rings. The number of carbonyl (C=O) groups is 2. The molecule has 0 unspecified atom stereocenters. The van der Waals surface area contributed by atoms with Crippen molar-refractivity contribution < 1.29 is 29.3 Å². The van der Waals surface area contributed by atoms with Gasteiger partial charge in [-0.15, -0.1) is 0 Å². The molecule has 1 heterocycles. The lowest BCUT2D eigenvalue weighted by molar-refractivity contribution is -0.163. The molecular weight excluding hydrogens is 384 g/mol. The Morgan fingerprint density at radius 3 is 2.80 bits per heavy atom. The zero-order valence-corrected chi connectivity index (χ0v) is 18.5. The third-order valence-corrected chi connectivity index (χ3v) is 6.95. The smallest absolute Gasteiger partial charge is 0.308 e. The first-order valence-corrected chi connectivity index (χ1v) is 11.3. The maximum Gasteiger partial charge on any atom is 0.308 e. The number of hydrogen-bond donors (Lipinski definition) is 2. The van der Waals surface area contributed by atoms with Crippen molar-refractivity contribution in [2.75, 3.05) is 0 Å². The summed E-state index contributed by atoms with van der Waals surface area (Å²) >= 11 is 0. The summed E-state index contributed by atoms with van der Waals surface area (Å²) in [6.07, 6.45) is 7.86. The topological polar surface area (TPSA) is 93.1 Å². The zero-order valence-electron chi connectivity index (χ0n) is 18.5. The van der Waals surface area contributed by atoms with Gasteiger partial charge < -0.3 is 19.7 Å². The van der Waals surface area contributed by atoms with Crippen LogP contribution in [-0.2, 0) is 19.1 Å². The molecule has 1 saturated heterocycles. The summed E-state index contributed by atoms with van der Waals surface area (Å²) in [6.45, 7) is 7.73. The van der Waals surface area contributed by atoms with Crippen LogP contribution < -0.4 is 0 Å². The Labute approximate surface area is 179 Å². The Kier molecular flexibility index (Phi) is 7.08. The van der Waals surface area contributed by atoms with E-state index < -0.39 is 17.8 Å². The number of aliphatic hydroxyl groups is 2. The highest BCUT2D eigenvalue weighted by atomic mass is 16.6. The highest BCUT2D eigenvalue weighted by Gasteiger charge is 2.45. The molecule has 0 spiro atoms. The van der Waals surface area contributed by atoms with Crippen LogP contribution >= 0.6 is 0 Å².